The van der Waals surface area contributed by atoms with Crippen LogP contribution < -0.4 is 15.0 Å². The van der Waals surface area contributed by atoms with Gasteiger partial charge in [-0.15, -0.1) is 5.01 Å². The summed E-state index contributed by atoms with van der Waals surface area (Å²) in [5, 5.41) is 8.58. The molecule has 28 heavy (non-hydrogen) atoms. The van der Waals surface area contributed by atoms with Crippen molar-refractivity contribution < 1.29 is 14.3 Å². The normalized spacial score (nSPS) is 19.4. The molecule has 1 fully saturated rings. The molecule has 148 valence electrons. The molecule has 1 aliphatic heterocycles. The van der Waals surface area contributed by atoms with E-state index in [0.29, 0.717) is 11.3 Å². The average Bonchev–Trinajstić information content (AvgIpc) is 3.25. The van der Waals surface area contributed by atoms with E-state index < -0.39 is 17.5 Å². The first-order valence-corrected chi connectivity index (χ1v) is 9.80. The molecule has 1 aromatic heterocycles. The Labute approximate surface area is 167 Å². The number of carbonyl (C=O) groups is 2. The number of benzene rings is 1. The minimum Gasteiger partial charge on any atom is -0.497 e. The van der Waals surface area contributed by atoms with Gasteiger partial charge in [-0.1, -0.05) is 23.5 Å². The molecule has 2 heterocycles. The van der Waals surface area contributed by atoms with Crippen molar-refractivity contribution in [1.29, 1.82) is 0 Å². The van der Waals surface area contributed by atoms with Gasteiger partial charge in [-0.05, 0) is 38.5 Å². The van der Waals surface area contributed by atoms with Crippen LogP contribution in [0.2, 0.25) is 0 Å². The molecule has 8 nitrogen and oxygen atoms in total. The molecule has 9 heteroatoms. The van der Waals surface area contributed by atoms with E-state index in [2.05, 4.69) is 34.1 Å². The van der Waals surface area contributed by atoms with E-state index in [1.807, 2.05) is 0 Å². The first-order chi connectivity index (χ1) is 13.4. The molecule has 1 atom stereocenters. The number of nitrogens with one attached hydrogen (secondary N) is 1. The Hall–Kier alpha value is -2.94. The van der Waals surface area contributed by atoms with Crippen LogP contribution in [0.3, 0.4) is 0 Å². The fourth-order valence-corrected chi connectivity index (χ4v) is 3.85. The lowest BCUT2D eigenvalue weighted by atomic mass is 9.92. The number of urea groups is 1. The van der Waals surface area contributed by atoms with E-state index in [9.17, 15) is 9.59 Å². The zero-order valence-corrected chi connectivity index (χ0v) is 17.1. The highest BCUT2D eigenvalue weighted by molar-refractivity contribution is 7.17. The maximum absolute atomic E-state index is 12.9. The highest BCUT2D eigenvalue weighted by atomic mass is 32.1. The quantitative estimate of drug-likeness (QED) is 0.569. The third-order valence-corrected chi connectivity index (χ3v) is 5.68. The van der Waals surface area contributed by atoms with Gasteiger partial charge in [0.2, 0.25) is 0 Å². The zero-order valence-electron chi connectivity index (χ0n) is 16.3. The Morgan fingerprint density at radius 2 is 1.96 bits per heavy atom. The fourth-order valence-electron chi connectivity index (χ4n) is 2.94. The smallest absolute Gasteiger partial charge is 0.346 e. The molecule has 0 unspecified atom stereocenters. The zero-order chi connectivity index (χ0) is 20.3. The van der Waals surface area contributed by atoms with Crippen LogP contribution in [-0.2, 0) is 10.3 Å². The van der Waals surface area contributed by atoms with E-state index in [1.165, 1.54) is 17.6 Å². The summed E-state index contributed by atoms with van der Waals surface area (Å²) in [6.45, 7) is 7.50. The van der Waals surface area contributed by atoms with Gasteiger partial charge in [-0.25, -0.2) is 9.78 Å². The highest BCUT2D eigenvalue weighted by Crippen LogP contribution is 2.30. The van der Waals surface area contributed by atoms with Gasteiger partial charge in [0.05, 0.1) is 18.2 Å². The van der Waals surface area contributed by atoms with E-state index in [-0.39, 0.29) is 0 Å². The van der Waals surface area contributed by atoms with Crippen LogP contribution in [-0.4, -0.2) is 48.3 Å². The minimum absolute atomic E-state index is 0.438. The summed E-state index contributed by atoms with van der Waals surface area (Å²) in [5.41, 5.74) is -0.521. The summed E-state index contributed by atoms with van der Waals surface area (Å²) in [6, 6.07) is 6.44. The van der Waals surface area contributed by atoms with Crippen molar-refractivity contribution in [1.82, 2.24) is 15.3 Å². The van der Waals surface area contributed by atoms with Gasteiger partial charge in [-0.3, -0.25) is 4.79 Å². The van der Waals surface area contributed by atoms with Gasteiger partial charge in [0, 0.05) is 19.3 Å². The molecular weight excluding hydrogens is 378 g/mol. The summed E-state index contributed by atoms with van der Waals surface area (Å²) in [6.07, 6.45) is 3.17. The van der Waals surface area contributed by atoms with Gasteiger partial charge in [-0.2, -0.15) is 5.10 Å². The van der Waals surface area contributed by atoms with Crippen LogP contribution in [0.1, 0.15) is 31.2 Å². The molecule has 3 rings (SSSR count). The number of hydrogen-bond acceptors (Lipinski definition) is 7. The summed E-state index contributed by atoms with van der Waals surface area (Å²) >= 11 is 1.46. The first-order valence-electron chi connectivity index (χ1n) is 8.99. The third-order valence-electron chi connectivity index (χ3n) is 4.68. The number of methoxy groups -OCH3 is 1. The van der Waals surface area contributed by atoms with Crippen LogP contribution in [0, 0.1) is 0 Å². The van der Waals surface area contributed by atoms with Gasteiger partial charge in [0.15, 0.2) is 5.13 Å². The lowest BCUT2D eigenvalue weighted by molar-refractivity contribution is -0.131. The lowest BCUT2D eigenvalue weighted by Crippen LogP contribution is -2.40. The molecule has 0 spiro atoms. The second-order valence-electron chi connectivity index (χ2n) is 6.36. The number of anilines is 1. The molecule has 1 saturated heterocycles. The van der Waals surface area contributed by atoms with Crippen molar-refractivity contribution in [2.24, 2.45) is 5.10 Å². The van der Waals surface area contributed by atoms with Crippen LogP contribution in [0.4, 0.5) is 9.93 Å². The summed E-state index contributed by atoms with van der Waals surface area (Å²) in [7, 11) is 1.57. The lowest BCUT2D eigenvalue weighted by Gasteiger charge is -2.21. The number of rotatable bonds is 7. The van der Waals surface area contributed by atoms with Gasteiger partial charge < -0.3 is 15.0 Å². The van der Waals surface area contributed by atoms with Crippen molar-refractivity contribution in [3.05, 3.63) is 40.9 Å². The number of ether oxygens (including phenoxy) is 1. The Kier molecular flexibility index (Phi) is 5.64. The molecule has 1 N–H and O–H groups in total. The molecule has 3 amide bonds. The van der Waals surface area contributed by atoms with Crippen molar-refractivity contribution in [3.8, 4) is 5.75 Å². The maximum atomic E-state index is 12.9. The number of hydrazone groups is 1. The third kappa shape index (κ3) is 3.57. The minimum atomic E-state index is -1.18. The number of carbonyl (C=O) groups excluding carboxylic acids is 2. The predicted octanol–water partition coefficient (Wildman–Crippen LogP) is 2.80. The van der Waals surface area contributed by atoms with Crippen molar-refractivity contribution in [2.45, 2.75) is 26.3 Å². The monoisotopic (exact) mass is 401 g/mol. The van der Waals surface area contributed by atoms with Crippen molar-refractivity contribution in [2.75, 3.05) is 25.1 Å². The highest BCUT2D eigenvalue weighted by Gasteiger charge is 2.49. The molecule has 0 radical (unpaired) electrons. The SMILES string of the molecule is CCN(CC)c1ncc(/C=N\N2C(=O)N[C@@](C)(c3ccc(OC)cc3)C2=O)s1. The van der Waals surface area contributed by atoms with E-state index in [4.69, 9.17) is 4.74 Å². The van der Waals surface area contributed by atoms with E-state index in [0.717, 1.165) is 28.1 Å². The number of thiazole rings is 1. The largest absolute Gasteiger partial charge is 0.497 e. The van der Waals surface area contributed by atoms with E-state index in [1.54, 1.807) is 44.5 Å². The Balaban J connectivity index is 1.79. The van der Waals surface area contributed by atoms with Gasteiger partial charge in [0.1, 0.15) is 11.3 Å². The standard InChI is InChI=1S/C19H23N5O3S/c1-5-23(6-2)18-20-11-15(28-18)12-21-24-16(25)19(3,22-17(24)26)13-7-9-14(27-4)10-8-13/h7-12H,5-6H2,1-4H3,(H,22,26)/b21-12-/t19-/m0/s1. The van der Waals surface area contributed by atoms with Crippen LogP contribution >= 0.6 is 11.3 Å². The average molecular weight is 401 g/mol. The molecule has 0 saturated carbocycles. The predicted molar refractivity (Wildman–Crippen MR) is 109 cm³/mol. The molecular formula is C19H23N5O3S. The molecule has 0 bridgehead atoms. The number of amides is 3. The summed E-state index contributed by atoms with van der Waals surface area (Å²) in [4.78, 5) is 32.5. The molecule has 1 aromatic carbocycles. The Morgan fingerprint density at radius 1 is 1.29 bits per heavy atom. The number of imide groups is 1. The maximum Gasteiger partial charge on any atom is 0.346 e. The van der Waals surface area contributed by atoms with Gasteiger partial charge in [0.25, 0.3) is 5.91 Å². The summed E-state index contributed by atoms with van der Waals surface area (Å²) < 4.78 is 5.14. The fraction of sp³-hybridized carbons (Fsp3) is 0.368. The second kappa shape index (κ2) is 7.97. The topological polar surface area (TPSA) is 87.1 Å². The van der Waals surface area contributed by atoms with E-state index >= 15 is 0 Å². The van der Waals surface area contributed by atoms with Crippen molar-refractivity contribution >= 4 is 34.6 Å². The van der Waals surface area contributed by atoms with Crippen LogP contribution in [0.5, 0.6) is 5.75 Å². The Bertz CT molecular complexity index is 891. The number of aromatic nitrogens is 1. The molecule has 0 aliphatic carbocycles. The molecule has 1 aliphatic rings. The van der Waals surface area contributed by atoms with Gasteiger partial charge >= 0.3 is 6.03 Å². The van der Waals surface area contributed by atoms with Crippen LogP contribution in [0.25, 0.3) is 0 Å². The number of nitrogens with zero attached hydrogens (tertiary/aromatic N) is 4. The Morgan fingerprint density at radius 3 is 2.57 bits per heavy atom. The van der Waals surface area contributed by atoms with Crippen LogP contribution in [0.15, 0.2) is 35.6 Å². The second-order valence-corrected chi connectivity index (χ2v) is 7.40. The summed E-state index contributed by atoms with van der Waals surface area (Å²) in [5.74, 6) is 0.237. The van der Waals surface area contributed by atoms with Crippen molar-refractivity contribution in [3.63, 3.8) is 0 Å². The number of hydrogen-bond donors (Lipinski definition) is 1. The first kappa shape index (κ1) is 19.8. The molecule has 2 aromatic rings.